The lowest BCUT2D eigenvalue weighted by molar-refractivity contribution is 0.112. The molecular weight excluding hydrogens is 232 g/mol. The minimum Gasteiger partial charge on any atom is -0.493 e. The molecule has 0 atom stereocenters. The molecule has 0 aliphatic carbocycles. The van der Waals surface area contributed by atoms with Gasteiger partial charge in [0.1, 0.15) is 6.29 Å². The van der Waals surface area contributed by atoms with Crippen LogP contribution in [0.15, 0.2) is 12.1 Å². The molecule has 5 heteroatoms. The average Bonchev–Trinajstić information content (AvgIpc) is 2.34. The summed E-state index contributed by atoms with van der Waals surface area (Å²) in [5, 5.41) is 0. The van der Waals surface area contributed by atoms with Gasteiger partial charge in [0.15, 0.2) is 11.5 Å². The van der Waals surface area contributed by atoms with E-state index >= 15 is 0 Å². The van der Waals surface area contributed by atoms with Crippen molar-refractivity contribution >= 4 is 12.0 Å². The smallest absolute Gasteiger partial charge is 0.184 e. The molecule has 0 heterocycles. The van der Waals surface area contributed by atoms with Gasteiger partial charge in [0.2, 0.25) is 0 Å². The van der Waals surface area contributed by atoms with Gasteiger partial charge in [-0.05, 0) is 32.6 Å². The molecule has 0 aliphatic heterocycles. The fraction of sp³-hybridized carbons (Fsp3) is 0.462. The molecule has 100 valence electrons. The zero-order valence-corrected chi connectivity index (χ0v) is 11.1. The fourth-order valence-corrected chi connectivity index (χ4v) is 1.58. The maximum absolute atomic E-state index is 10.7. The molecule has 5 nitrogen and oxygen atoms in total. The quantitative estimate of drug-likeness (QED) is 0.451. The first-order chi connectivity index (χ1) is 8.58. The minimum atomic E-state index is 0.418. The summed E-state index contributed by atoms with van der Waals surface area (Å²) in [6.45, 7) is 1.49. The van der Waals surface area contributed by atoms with Gasteiger partial charge in [-0.1, -0.05) is 0 Å². The third kappa shape index (κ3) is 3.92. The van der Waals surface area contributed by atoms with Gasteiger partial charge in [-0.15, -0.1) is 0 Å². The zero-order valence-electron chi connectivity index (χ0n) is 11.1. The van der Waals surface area contributed by atoms with Gasteiger partial charge in [-0.2, -0.15) is 0 Å². The summed E-state index contributed by atoms with van der Waals surface area (Å²) in [6, 6.07) is 3.20. The van der Waals surface area contributed by atoms with Crippen molar-refractivity contribution in [1.29, 1.82) is 0 Å². The molecule has 0 saturated heterocycles. The molecule has 0 saturated carbocycles. The van der Waals surface area contributed by atoms with Crippen LogP contribution in [0.4, 0.5) is 5.69 Å². The molecule has 1 aromatic rings. The number of benzene rings is 1. The SMILES string of the molecule is COc1cc(C=O)cc(N)c1OCCCN(C)C. The Morgan fingerprint density at radius 1 is 1.39 bits per heavy atom. The molecule has 0 aromatic heterocycles. The van der Waals surface area contributed by atoms with Gasteiger partial charge < -0.3 is 20.1 Å². The molecular formula is C13H20N2O3. The number of aldehydes is 1. The van der Waals surface area contributed by atoms with Crippen molar-refractivity contribution in [2.24, 2.45) is 0 Å². The number of carbonyl (C=O) groups excluding carboxylic acids is 1. The highest BCUT2D eigenvalue weighted by molar-refractivity contribution is 5.80. The third-order valence-electron chi connectivity index (χ3n) is 2.46. The molecule has 0 unspecified atom stereocenters. The van der Waals surface area contributed by atoms with E-state index in [1.807, 2.05) is 14.1 Å². The first-order valence-corrected chi connectivity index (χ1v) is 5.78. The average molecular weight is 252 g/mol. The van der Waals surface area contributed by atoms with Crippen molar-refractivity contribution < 1.29 is 14.3 Å². The molecule has 0 fully saturated rings. The van der Waals surface area contributed by atoms with Crippen LogP contribution in [0.5, 0.6) is 11.5 Å². The third-order valence-corrected chi connectivity index (χ3v) is 2.46. The van der Waals surface area contributed by atoms with E-state index in [0.29, 0.717) is 29.4 Å². The molecule has 0 aliphatic rings. The maximum Gasteiger partial charge on any atom is 0.184 e. The van der Waals surface area contributed by atoms with Crippen molar-refractivity contribution in [1.82, 2.24) is 4.90 Å². The fourth-order valence-electron chi connectivity index (χ4n) is 1.58. The van der Waals surface area contributed by atoms with E-state index < -0.39 is 0 Å². The van der Waals surface area contributed by atoms with Gasteiger partial charge in [-0.3, -0.25) is 4.79 Å². The number of methoxy groups -OCH3 is 1. The molecule has 18 heavy (non-hydrogen) atoms. The molecule has 0 spiro atoms. The van der Waals surface area contributed by atoms with E-state index in [-0.39, 0.29) is 0 Å². The monoisotopic (exact) mass is 252 g/mol. The standard InChI is InChI=1S/C13H20N2O3/c1-15(2)5-4-6-18-13-11(14)7-10(9-16)8-12(13)17-3/h7-9H,4-6,14H2,1-3H3. The van der Waals surface area contributed by atoms with Gasteiger partial charge in [-0.25, -0.2) is 0 Å². The van der Waals surface area contributed by atoms with E-state index in [1.54, 1.807) is 12.1 Å². The Hall–Kier alpha value is -1.75. The predicted molar refractivity (Wildman–Crippen MR) is 71.5 cm³/mol. The summed E-state index contributed by atoms with van der Waals surface area (Å²) in [6.07, 6.45) is 1.62. The number of carbonyl (C=O) groups is 1. The summed E-state index contributed by atoms with van der Waals surface area (Å²) < 4.78 is 10.8. The highest BCUT2D eigenvalue weighted by Gasteiger charge is 2.10. The van der Waals surface area contributed by atoms with Crippen LogP contribution in [0.3, 0.4) is 0 Å². The van der Waals surface area contributed by atoms with Gasteiger partial charge >= 0.3 is 0 Å². The zero-order chi connectivity index (χ0) is 13.5. The van der Waals surface area contributed by atoms with E-state index in [2.05, 4.69) is 4.90 Å². The first-order valence-electron chi connectivity index (χ1n) is 5.78. The number of hydrogen-bond acceptors (Lipinski definition) is 5. The Morgan fingerprint density at radius 2 is 2.11 bits per heavy atom. The van der Waals surface area contributed by atoms with Crippen molar-refractivity contribution in [3.8, 4) is 11.5 Å². The first kappa shape index (κ1) is 14.3. The summed E-state index contributed by atoms with van der Waals surface area (Å²) in [5.41, 5.74) is 6.74. The van der Waals surface area contributed by atoms with E-state index in [9.17, 15) is 4.79 Å². The molecule has 0 radical (unpaired) electrons. The number of rotatable bonds is 7. The molecule has 0 amide bonds. The van der Waals surface area contributed by atoms with Gasteiger partial charge in [0.25, 0.3) is 0 Å². The summed E-state index contributed by atoms with van der Waals surface area (Å²) in [7, 11) is 5.54. The van der Waals surface area contributed by atoms with Crippen molar-refractivity contribution in [2.75, 3.05) is 40.1 Å². The molecule has 1 aromatic carbocycles. The number of anilines is 1. The summed E-state index contributed by atoms with van der Waals surface area (Å²) in [5.74, 6) is 0.990. The minimum absolute atomic E-state index is 0.418. The number of nitrogens with two attached hydrogens (primary N) is 1. The summed E-state index contributed by atoms with van der Waals surface area (Å²) >= 11 is 0. The number of nitrogens with zero attached hydrogens (tertiary/aromatic N) is 1. The highest BCUT2D eigenvalue weighted by atomic mass is 16.5. The Balaban J connectivity index is 2.72. The van der Waals surface area contributed by atoms with Crippen LogP contribution in [0.2, 0.25) is 0 Å². The second-order valence-electron chi connectivity index (χ2n) is 4.26. The van der Waals surface area contributed by atoms with Crippen molar-refractivity contribution in [3.63, 3.8) is 0 Å². The Morgan fingerprint density at radius 3 is 2.67 bits per heavy atom. The Kier molecular flexibility index (Phi) is 5.45. The lowest BCUT2D eigenvalue weighted by atomic mass is 10.2. The second-order valence-corrected chi connectivity index (χ2v) is 4.26. The lowest BCUT2D eigenvalue weighted by Crippen LogP contribution is -2.16. The number of hydrogen-bond donors (Lipinski definition) is 1. The highest BCUT2D eigenvalue weighted by Crippen LogP contribution is 2.34. The van der Waals surface area contributed by atoms with Crippen LogP contribution >= 0.6 is 0 Å². The van der Waals surface area contributed by atoms with Crippen LogP contribution < -0.4 is 15.2 Å². The van der Waals surface area contributed by atoms with Gasteiger partial charge in [0, 0.05) is 12.1 Å². The number of ether oxygens (including phenoxy) is 2. The maximum atomic E-state index is 10.7. The molecule has 1 rings (SSSR count). The number of nitrogen functional groups attached to an aromatic ring is 1. The Labute approximate surface area is 107 Å². The van der Waals surface area contributed by atoms with Crippen LogP contribution in [0.25, 0.3) is 0 Å². The largest absolute Gasteiger partial charge is 0.493 e. The molecule has 2 N–H and O–H groups in total. The predicted octanol–water partition coefficient (Wildman–Crippen LogP) is 1.42. The van der Waals surface area contributed by atoms with Crippen LogP contribution in [-0.4, -0.2) is 45.5 Å². The van der Waals surface area contributed by atoms with E-state index in [4.69, 9.17) is 15.2 Å². The second kappa shape index (κ2) is 6.86. The van der Waals surface area contributed by atoms with E-state index in [0.717, 1.165) is 19.3 Å². The summed E-state index contributed by atoms with van der Waals surface area (Å²) in [4.78, 5) is 12.8. The van der Waals surface area contributed by atoms with Crippen molar-refractivity contribution in [2.45, 2.75) is 6.42 Å². The van der Waals surface area contributed by atoms with Crippen LogP contribution in [0, 0.1) is 0 Å². The van der Waals surface area contributed by atoms with Crippen LogP contribution in [0.1, 0.15) is 16.8 Å². The Bertz CT molecular complexity index is 405. The van der Waals surface area contributed by atoms with E-state index in [1.165, 1.54) is 7.11 Å². The topological polar surface area (TPSA) is 64.8 Å². The van der Waals surface area contributed by atoms with Crippen molar-refractivity contribution in [3.05, 3.63) is 17.7 Å². The van der Waals surface area contributed by atoms with Gasteiger partial charge in [0.05, 0.1) is 19.4 Å². The van der Waals surface area contributed by atoms with Crippen LogP contribution in [-0.2, 0) is 0 Å². The normalized spacial score (nSPS) is 10.4. The molecule has 0 bridgehead atoms. The lowest BCUT2D eigenvalue weighted by Gasteiger charge is -2.14.